The van der Waals surface area contributed by atoms with Crippen LogP contribution < -0.4 is 15.4 Å². The van der Waals surface area contributed by atoms with Crippen LogP contribution in [0.3, 0.4) is 0 Å². The van der Waals surface area contributed by atoms with E-state index in [9.17, 15) is 14.4 Å². The molecule has 3 aliphatic rings. The summed E-state index contributed by atoms with van der Waals surface area (Å²) in [6.07, 6.45) is 10.1. The molecule has 1 saturated carbocycles. The molecule has 47 heavy (non-hydrogen) atoms. The number of amides is 3. The lowest BCUT2D eigenvalue weighted by atomic mass is 9.79. The number of carbonyl (C=O) groups excluding carboxylic acids is 3. The van der Waals surface area contributed by atoms with Crippen molar-refractivity contribution in [1.29, 1.82) is 0 Å². The average molecular weight is 668 g/mol. The maximum absolute atomic E-state index is 13.8. The van der Waals surface area contributed by atoms with Crippen molar-refractivity contribution in [3.63, 3.8) is 0 Å². The van der Waals surface area contributed by atoms with E-state index in [2.05, 4.69) is 34.6 Å². The SMILES string of the molecule is CCCCN1C(=O)[C@H](CC2CCCCC2)NC(=O)C12CCN(Cc1ccc(Oc3ccc(C(=O)NCCN(C)C)cc3)cc1)CC2.Cl. The zero-order chi connectivity index (χ0) is 32.5. The maximum Gasteiger partial charge on any atom is 0.251 e. The Labute approximate surface area is 287 Å². The minimum Gasteiger partial charge on any atom is -0.457 e. The molecule has 1 atom stereocenters. The van der Waals surface area contributed by atoms with Crippen molar-refractivity contribution in [3.8, 4) is 11.5 Å². The molecular formula is C37H54ClN5O4. The van der Waals surface area contributed by atoms with E-state index in [1.807, 2.05) is 48.2 Å². The summed E-state index contributed by atoms with van der Waals surface area (Å²) in [5, 5.41) is 6.13. The number of likely N-dealkylation sites (tertiary alicyclic amines) is 1. The predicted octanol–water partition coefficient (Wildman–Crippen LogP) is 5.62. The van der Waals surface area contributed by atoms with Crippen LogP contribution in [0.5, 0.6) is 11.5 Å². The van der Waals surface area contributed by atoms with Gasteiger partial charge < -0.3 is 25.2 Å². The van der Waals surface area contributed by atoms with Crippen LogP contribution in [0, 0.1) is 5.92 Å². The second-order valence-electron chi connectivity index (χ2n) is 13.7. The van der Waals surface area contributed by atoms with E-state index in [1.165, 1.54) is 37.7 Å². The molecule has 2 aromatic carbocycles. The molecule has 9 nitrogen and oxygen atoms in total. The maximum atomic E-state index is 13.8. The topological polar surface area (TPSA) is 94.2 Å². The molecule has 2 aromatic rings. The molecule has 0 unspecified atom stereocenters. The molecule has 258 valence electrons. The van der Waals surface area contributed by atoms with Crippen molar-refractivity contribution < 1.29 is 19.1 Å². The summed E-state index contributed by atoms with van der Waals surface area (Å²) >= 11 is 0. The molecule has 5 rings (SSSR count). The molecule has 1 aliphatic carbocycles. The average Bonchev–Trinajstić information content (AvgIpc) is 3.06. The van der Waals surface area contributed by atoms with Crippen LogP contribution in [-0.4, -0.2) is 90.8 Å². The van der Waals surface area contributed by atoms with E-state index in [1.54, 1.807) is 12.1 Å². The van der Waals surface area contributed by atoms with Gasteiger partial charge in [0.1, 0.15) is 23.1 Å². The van der Waals surface area contributed by atoms with Crippen LogP contribution in [0.1, 0.15) is 87.1 Å². The molecule has 2 aliphatic heterocycles. The van der Waals surface area contributed by atoms with Crippen LogP contribution in [0.4, 0.5) is 0 Å². The fraction of sp³-hybridized carbons (Fsp3) is 0.595. The van der Waals surface area contributed by atoms with Gasteiger partial charge in [-0.2, -0.15) is 0 Å². The summed E-state index contributed by atoms with van der Waals surface area (Å²) < 4.78 is 6.03. The van der Waals surface area contributed by atoms with Crippen molar-refractivity contribution in [2.24, 2.45) is 5.92 Å². The Balaban J connectivity index is 0.00000500. The van der Waals surface area contributed by atoms with Gasteiger partial charge in [0.25, 0.3) is 5.91 Å². The molecule has 10 heteroatoms. The molecule has 2 saturated heterocycles. The fourth-order valence-electron chi connectivity index (χ4n) is 7.24. The molecule has 2 N–H and O–H groups in total. The first-order valence-corrected chi connectivity index (χ1v) is 17.4. The summed E-state index contributed by atoms with van der Waals surface area (Å²) in [5.41, 5.74) is 1.05. The second-order valence-corrected chi connectivity index (χ2v) is 13.7. The molecule has 2 heterocycles. The van der Waals surface area contributed by atoms with Gasteiger partial charge in [-0.3, -0.25) is 19.3 Å². The number of halogens is 1. The number of rotatable bonds is 13. The summed E-state index contributed by atoms with van der Waals surface area (Å²) in [5.74, 6) is 2.05. The molecule has 0 aromatic heterocycles. The summed E-state index contributed by atoms with van der Waals surface area (Å²) in [6, 6.07) is 14.9. The Bertz CT molecular complexity index is 1310. The summed E-state index contributed by atoms with van der Waals surface area (Å²) in [4.78, 5) is 46.3. The molecular weight excluding hydrogens is 614 g/mol. The third-order valence-electron chi connectivity index (χ3n) is 10.0. The Hall–Kier alpha value is -3.14. The number of likely N-dealkylation sites (N-methyl/N-ethyl adjacent to an activating group) is 1. The number of piperazine rings is 1. The van der Waals surface area contributed by atoms with Crippen molar-refractivity contribution in [2.45, 2.75) is 89.3 Å². The van der Waals surface area contributed by atoms with Gasteiger partial charge in [0, 0.05) is 44.8 Å². The van der Waals surface area contributed by atoms with Gasteiger partial charge in [-0.1, -0.05) is 57.6 Å². The lowest BCUT2D eigenvalue weighted by Gasteiger charge is -2.52. The zero-order valence-electron chi connectivity index (χ0n) is 28.5. The normalized spacial score (nSPS) is 20.2. The van der Waals surface area contributed by atoms with Crippen molar-refractivity contribution in [2.75, 3.05) is 46.8 Å². The van der Waals surface area contributed by atoms with Crippen LogP contribution in [0.2, 0.25) is 0 Å². The van der Waals surface area contributed by atoms with E-state index in [0.29, 0.717) is 43.2 Å². The lowest BCUT2D eigenvalue weighted by Crippen LogP contribution is -2.73. The Morgan fingerprint density at radius 1 is 0.979 bits per heavy atom. The minimum atomic E-state index is -0.730. The highest BCUT2D eigenvalue weighted by Gasteiger charge is 2.53. The summed E-state index contributed by atoms with van der Waals surface area (Å²) in [7, 11) is 3.95. The number of carbonyl (C=O) groups is 3. The number of unbranched alkanes of at least 4 members (excludes halogenated alkanes) is 1. The molecule has 3 fully saturated rings. The number of ether oxygens (including phenoxy) is 1. The summed E-state index contributed by atoms with van der Waals surface area (Å²) in [6.45, 7) is 6.51. The lowest BCUT2D eigenvalue weighted by molar-refractivity contribution is -0.162. The second kappa shape index (κ2) is 17.3. The first-order valence-electron chi connectivity index (χ1n) is 17.4. The zero-order valence-corrected chi connectivity index (χ0v) is 29.3. The molecule has 0 bridgehead atoms. The van der Waals surface area contributed by atoms with Gasteiger partial charge in [0.15, 0.2) is 0 Å². The van der Waals surface area contributed by atoms with Gasteiger partial charge >= 0.3 is 0 Å². The fourth-order valence-corrected chi connectivity index (χ4v) is 7.24. The van der Waals surface area contributed by atoms with Crippen molar-refractivity contribution >= 4 is 30.1 Å². The van der Waals surface area contributed by atoms with Gasteiger partial charge in [-0.15, -0.1) is 12.4 Å². The van der Waals surface area contributed by atoms with E-state index in [0.717, 1.165) is 51.2 Å². The first-order chi connectivity index (χ1) is 22.3. The highest BCUT2D eigenvalue weighted by molar-refractivity contribution is 6.00. The molecule has 0 radical (unpaired) electrons. The van der Waals surface area contributed by atoms with Gasteiger partial charge in [0.2, 0.25) is 11.8 Å². The van der Waals surface area contributed by atoms with Crippen LogP contribution >= 0.6 is 12.4 Å². The highest BCUT2D eigenvalue weighted by Crippen LogP contribution is 2.36. The third-order valence-corrected chi connectivity index (χ3v) is 10.0. The number of hydrogen-bond donors (Lipinski definition) is 2. The quantitative estimate of drug-likeness (QED) is 0.288. The number of nitrogens with zero attached hydrogens (tertiary/aromatic N) is 3. The number of nitrogens with one attached hydrogen (secondary N) is 2. The Morgan fingerprint density at radius 2 is 1.62 bits per heavy atom. The van der Waals surface area contributed by atoms with Gasteiger partial charge in [-0.05, 0) is 87.7 Å². The predicted molar refractivity (Wildman–Crippen MR) is 188 cm³/mol. The largest absolute Gasteiger partial charge is 0.457 e. The minimum absolute atomic E-state index is 0. The van der Waals surface area contributed by atoms with E-state index < -0.39 is 5.54 Å². The molecule has 3 amide bonds. The van der Waals surface area contributed by atoms with E-state index >= 15 is 0 Å². The van der Waals surface area contributed by atoms with E-state index in [-0.39, 0.29) is 36.2 Å². The van der Waals surface area contributed by atoms with E-state index in [4.69, 9.17) is 4.74 Å². The van der Waals surface area contributed by atoms with Crippen molar-refractivity contribution in [1.82, 2.24) is 25.3 Å². The third kappa shape index (κ3) is 9.48. The Kier molecular flexibility index (Phi) is 13.5. The standard InChI is InChI=1S/C37H53N5O4.ClH/c1-4-5-22-42-35(44)33(26-28-9-7-6-8-10-28)39-36(45)37(42)19-23-41(24-20-37)27-29-11-15-31(16-12-29)46-32-17-13-30(14-18-32)34(43)38-21-25-40(2)3;/h11-18,28,33H,4-10,19-27H2,1-3H3,(H,38,43)(H,39,45);1H/t33-;/m0./s1. The Morgan fingerprint density at radius 3 is 2.23 bits per heavy atom. The van der Waals surface area contributed by atoms with Crippen LogP contribution in [-0.2, 0) is 16.1 Å². The monoisotopic (exact) mass is 667 g/mol. The van der Waals surface area contributed by atoms with Crippen LogP contribution in [0.15, 0.2) is 48.5 Å². The molecule has 1 spiro atoms. The number of hydrogen-bond acceptors (Lipinski definition) is 6. The van der Waals surface area contributed by atoms with Gasteiger partial charge in [0.05, 0.1) is 0 Å². The first kappa shape index (κ1) is 36.7. The van der Waals surface area contributed by atoms with Gasteiger partial charge in [-0.25, -0.2) is 0 Å². The number of benzene rings is 2. The van der Waals surface area contributed by atoms with Crippen molar-refractivity contribution in [3.05, 3.63) is 59.7 Å². The van der Waals surface area contributed by atoms with Crippen LogP contribution in [0.25, 0.3) is 0 Å². The smallest absolute Gasteiger partial charge is 0.251 e. The highest BCUT2D eigenvalue weighted by atomic mass is 35.5. The number of piperidine rings is 1.